The van der Waals surface area contributed by atoms with Crippen molar-refractivity contribution < 1.29 is 24.5 Å². The van der Waals surface area contributed by atoms with Crippen molar-refractivity contribution in [2.75, 3.05) is 6.61 Å². The van der Waals surface area contributed by atoms with Crippen molar-refractivity contribution in [3.05, 3.63) is 58.7 Å². The molecular weight excluding hydrogens is 272 g/mol. The van der Waals surface area contributed by atoms with E-state index < -0.39 is 5.60 Å². The van der Waals surface area contributed by atoms with Crippen LogP contribution in [0.5, 0.6) is 11.5 Å². The van der Waals surface area contributed by atoms with E-state index in [4.69, 9.17) is 4.74 Å². The second-order valence-corrected chi connectivity index (χ2v) is 4.90. The molecule has 1 fully saturated rings. The van der Waals surface area contributed by atoms with E-state index in [0.717, 1.165) is 0 Å². The maximum absolute atomic E-state index is 10.9. The molecule has 2 aromatic rings. The van der Waals surface area contributed by atoms with Gasteiger partial charge in [0.25, 0.3) is 0 Å². The predicted molar refractivity (Wildman–Crippen MR) is 73.7 cm³/mol. The van der Waals surface area contributed by atoms with Crippen LogP contribution in [0.3, 0.4) is 0 Å². The molecule has 1 aliphatic rings. The first kappa shape index (κ1) is 13.3. The average molecular weight is 284 g/mol. The maximum atomic E-state index is 10.9. The van der Waals surface area contributed by atoms with E-state index in [1.165, 1.54) is 12.1 Å². The zero-order valence-electron chi connectivity index (χ0n) is 10.9. The number of aromatic hydroxyl groups is 2. The third kappa shape index (κ3) is 2.08. The largest absolute Gasteiger partial charge is 0.507 e. The van der Waals surface area contributed by atoms with E-state index in [-0.39, 0.29) is 22.6 Å². The third-order valence-electron chi connectivity index (χ3n) is 3.67. The Bertz CT molecular complexity index is 672. The predicted octanol–water partition coefficient (Wildman–Crippen LogP) is 2.00. The van der Waals surface area contributed by atoms with Crippen LogP contribution in [0.4, 0.5) is 0 Å². The molecule has 21 heavy (non-hydrogen) atoms. The lowest BCUT2D eigenvalue weighted by atomic mass is 9.89. The van der Waals surface area contributed by atoms with Crippen molar-refractivity contribution in [2.24, 2.45) is 0 Å². The van der Waals surface area contributed by atoms with Crippen molar-refractivity contribution >= 4 is 12.6 Å². The van der Waals surface area contributed by atoms with Crippen LogP contribution in [0.2, 0.25) is 0 Å². The number of epoxide rings is 1. The van der Waals surface area contributed by atoms with E-state index >= 15 is 0 Å². The number of carbonyl (C=O) groups excluding carboxylic acids is 2. The number of aldehydes is 2. The second-order valence-electron chi connectivity index (χ2n) is 4.90. The number of rotatable bonds is 4. The van der Waals surface area contributed by atoms with Gasteiger partial charge >= 0.3 is 0 Å². The highest BCUT2D eigenvalue weighted by atomic mass is 16.6. The highest BCUT2D eigenvalue weighted by Gasteiger charge is 2.48. The van der Waals surface area contributed by atoms with Crippen LogP contribution in [-0.2, 0) is 10.3 Å². The molecule has 5 nitrogen and oxygen atoms in total. The van der Waals surface area contributed by atoms with Gasteiger partial charge in [-0.05, 0) is 35.4 Å². The van der Waals surface area contributed by atoms with E-state index in [1.54, 1.807) is 24.3 Å². The summed E-state index contributed by atoms with van der Waals surface area (Å²) < 4.78 is 5.55. The van der Waals surface area contributed by atoms with Crippen LogP contribution in [0.15, 0.2) is 36.4 Å². The number of ether oxygens (including phenoxy) is 1. The van der Waals surface area contributed by atoms with Crippen molar-refractivity contribution in [3.8, 4) is 11.5 Å². The lowest BCUT2D eigenvalue weighted by Gasteiger charge is -2.14. The quantitative estimate of drug-likeness (QED) is 0.662. The van der Waals surface area contributed by atoms with Crippen LogP contribution in [0.1, 0.15) is 31.8 Å². The van der Waals surface area contributed by atoms with Gasteiger partial charge in [0.1, 0.15) is 17.1 Å². The molecule has 0 amide bonds. The van der Waals surface area contributed by atoms with Crippen molar-refractivity contribution in [3.63, 3.8) is 0 Å². The summed E-state index contributed by atoms with van der Waals surface area (Å²) in [7, 11) is 0. The normalized spacial score (nSPS) is 15.4. The first-order valence-corrected chi connectivity index (χ1v) is 6.32. The molecule has 0 unspecified atom stereocenters. The van der Waals surface area contributed by atoms with E-state index in [2.05, 4.69) is 0 Å². The Hall–Kier alpha value is -2.66. The standard InChI is InChI=1S/C16H12O5/c17-7-10-5-12(1-3-14(10)19)16(9-21-16)13-2-4-15(20)11(6-13)8-18/h1-8,19-20H,9H2. The lowest BCUT2D eigenvalue weighted by molar-refractivity contribution is 0.111. The zero-order valence-corrected chi connectivity index (χ0v) is 10.9. The Morgan fingerprint density at radius 2 is 1.33 bits per heavy atom. The fraction of sp³-hybridized carbons (Fsp3) is 0.125. The molecule has 3 rings (SSSR count). The maximum Gasteiger partial charge on any atom is 0.153 e. The summed E-state index contributed by atoms with van der Waals surface area (Å²) >= 11 is 0. The molecule has 0 aliphatic carbocycles. The number of phenolic OH excluding ortho intramolecular Hbond substituents is 2. The highest BCUT2D eigenvalue weighted by Crippen LogP contribution is 2.46. The average Bonchev–Trinajstić information content (AvgIpc) is 3.30. The number of carbonyl (C=O) groups is 2. The van der Waals surface area contributed by atoms with Gasteiger partial charge in [0.15, 0.2) is 12.6 Å². The summed E-state index contributed by atoms with van der Waals surface area (Å²) in [4.78, 5) is 21.9. The first-order chi connectivity index (χ1) is 10.1. The minimum atomic E-state index is -0.739. The fourth-order valence-electron chi connectivity index (χ4n) is 2.37. The minimum Gasteiger partial charge on any atom is -0.507 e. The molecular formula is C16H12O5. The summed E-state index contributed by atoms with van der Waals surface area (Å²) in [6, 6.07) is 9.32. The number of hydrogen-bond donors (Lipinski definition) is 2. The SMILES string of the molecule is O=Cc1cc(C2(c3ccc(O)c(C=O)c3)CO2)ccc1O. The molecule has 5 heteroatoms. The van der Waals surface area contributed by atoms with Crippen LogP contribution in [-0.4, -0.2) is 29.4 Å². The van der Waals surface area contributed by atoms with Crippen molar-refractivity contribution in [2.45, 2.75) is 5.60 Å². The zero-order chi connectivity index (χ0) is 15.0. The van der Waals surface area contributed by atoms with E-state index in [1.807, 2.05) is 0 Å². The van der Waals surface area contributed by atoms with Gasteiger partial charge in [-0.3, -0.25) is 9.59 Å². The molecule has 0 atom stereocenters. The van der Waals surface area contributed by atoms with Gasteiger partial charge in [0.05, 0.1) is 17.7 Å². The molecule has 0 radical (unpaired) electrons. The molecule has 0 spiro atoms. The lowest BCUT2D eigenvalue weighted by Crippen LogP contribution is -2.11. The monoisotopic (exact) mass is 284 g/mol. The third-order valence-corrected chi connectivity index (χ3v) is 3.67. The van der Waals surface area contributed by atoms with Crippen LogP contribution in [0.25, 0.3) is 0 Å². The van der Waals surface area contributed by atoms with Gasteiger partial charge in [0.2, 0.25) is 0 Å². The number of benzene rings is 2. The molecule has 0 aromatic heterocycles. The minimum absolute atomic E-state index is 0.0937. The van der Waals surface area contributed by atoms with Gasteiger partial charge in [-0.25, -0.2) is 0 Å². The van der Waals surface area contributed by atoms with E-state index in [9.17, 15) is 19.8 Å². The molecule has 106 valence electrons. The Morgan fingerprint density at radius 3 is 1.67 bits per heavy atom. The molecule has 2 aromatic carbocycles. The van der Waals surface area contributed by atoms with Crippen LogP contribution >= 0.6 is 0 Å². The Morgan fingerprint density at radius 1 is 0.905 bits per heavy atom. The summed E-state index contributed by atoms with van der Waals surface area (Å²) in [6.07, 6.45) is 1.14. The van der Waals surface area contributed by atoms with Gasteiger partial charge < -0.3 is 14.9 Å². The summed E-state index contributed by atoms with van der Waals surface area (Å²) in [5.41, 5.74) is 1.04. The van der Waals surface area contributed by atoms with Crippen molar-refractivity contribution in [1.82, 2.24) is 0 Å². The van der Waals surface area contributed by atoms with E-state index in [0.29, 0.717) is 30.3 Å². The Balaban J connectivity index is 2.09. The fourth-order valence-corrected chi connectivity index (χ4v) is 2.37. The first-order valence-electron chi connectivity index (χ1n) is 6.32. The molecule has 0 saturated carbocycles. The molecule has 1 aliphatic heterocycles. The Labute approximate surface area is 120 Å². The highest BCUT2D eigenvalue weighted by molar-refractivity contribution is 5.81. The molecule has 0 bridgehead atoms. The second kappa shape index (κ2) is 4.71. The Kier molecular flexibility index (Phi) is 2.99. The van der Waals surface area contributed by atoms with Crippen LogP contribution in [0, 0.1) is 0 Å². The summed E-state index contributed by atoms with van der Waals surface area (Å²) in [6.45, 7) is 0.402. The topological polar surface area (TPSA) is 87.1 Å². The smallest absolute Gasteiger partial charge is 0.153 e. The summed E-state index contributed by atoms with van der Waals surface area (Å²) in [5.74, 6) is -0.187. The number of hydrogen-bond acceptors (Lipinski definition) is 5. The summed E-state index contributed by atoms with van der Waals surface area (Å²) in [5, 5.41) is 19.1. The molecule has 2 N–H and O–H groups in total. The van der Waals surface area contributed by atoms with Gasteiger partial charge in [-0.2, -0.15) is 0 Å². The number of phenols is 2. The van der Waals surface area contributed by atoms with Gasteiger partial charge in [-0.15, -0.1) is 0 Å². The van der Waals surface area contributed by atoms with Crippen LogP contribution < -0.4 is 0 Å². The van der Waals surface area contributed by atoms with Gasteiger partial charge in [0, 0.05) is 0 Å². The van der Waals surface area contributed by atoms with Crippen molar-refractivity contribution in [1.29, 1.82) is 0 Å². The van der Waals surface area contributed by atoms with Gasteiger partial charge in [-0.1, -0.05) is 12.1 Å². The molecule has 1 heterocycles. The molecule has 1 saturated heterocycles.